The summed E-state index contributed by atoms with van der Waals surface area (Å²) in [5.41, 5.74) is 3.42. The van der Waals surface area contributed by atoms with Gasteiger partial charge in [-0.1, -0.05) is 61.5 Å². The lowest BCUT2D eigenvalue weighted by molar-refractivity contribution is 0.124. The van der Waals surface area contributed by atoms with Crippen LogP contribution < -0.4 is 0 Å². The molecule has 0 aromatic heterocycles. The van der Waals surface area contributed by atoms with E-state index in [2.05, 4.69) is 68.1 Å². The first kappa shape index (κ1) is 22.9. The number of hydrogen-bond acceptors (Lipinski definition) is 1. The fourth-order valence-electron chi connectivity index (χ4n) is 4.88. The molecule has 3 unspecified atom stereocenters. The third kappa shape index (κ3) is 5.91. The van der Waals surface area contributed by atoms with E-state index >= 15 is 0 Å². The van der Waals surface area contributed by atoms with Gasteiger partial charge in [0.25, 0.3) is 0 Å². The molecule has 30 heavy (non-hydrogen) atoms. The summed E-state index contributed by atoms with van der Waals surface area (Å²) in [7, 11) is 0. The first-order valence-corrected chi connectivity index (χ1v) is 11.7. The van der Waals surface area contributed by atoms with Crippen molar-refractivity contribution < 1.29 is 8.78 Å². The molecule has 0 bridgehead atoms. The first-order valence-electron chi connectivity index (χ1n) is 11.7. The van der Waals surface area contributed by atoms with E-state index in [1.54, 1.807) is 0 Å². The Hall–Kier alpha value is -1.74. The van der Waals surface area contributed by atoms with Gasteiger partial charge >= 0.3 is 0 Å². The molecule has 1 saturated carbocycles. The van der Waals surface area contributed by atoms with Crippen LogP contribution >= 0.6 is 0 Å². The van der Waals surface area contributed by atoms with Crippen molar-refractivity contribution in [3.8, 4) is 0 Å². The first-order chi connectivity index (χ1) is 14.5. The molecule has 2 aromatic carbocycles. The average molecular weight is 414 g/mol. The van der Waals surface area contributed by atoms with Gasteiger partial charge in [-0.05, 0) is 69.1 Å². The van der Waals surface area contributed by atoms with Crippen LogP contribution in [0.15, 0.2) is 54.6 Å². The molecule has 3 rings (SSSR count). The molecule has 0 spiro atoms. The van der Waals surface area contributed by atoms with Crippen molar-refractivity contribution in [1.82, 2.24) is 4.90 Å². The van der Waals surface area contributed by atoms with Crippen LogP contribution in [0.1, 0.15) is 75.5 Å². The second kappa shape index (κ2) is 11.0. The summed E-state index contributed by atoms with van der Waals surface area (Å²) in [6, 6.07) is 19.7. The normalized spacial score (nSPS) is 23.1. The smallest absolute Gasteiger partial charge is 0.110 e. The quantitative estimate of drug-likeness (QED) is 0.418. The third-order valence-electron chi connectivity index (χ3n) is 6.68. The zero-order chi connectivity index (χ0) is 21.5. The Morgan fingerprint density at radius 1 is 0.900 bits per heavy atom. The number of alkyl halides is 2. The van der Waals surface area contributed by atoms with E-state index in [4.69, 9.17) is 0 Å². The van der Waals surface area contributed by atoms with Gasteiger partial charge in [0.1, 0.15) is 12.3 Å². The molecule has 1 aliphatic carbocycles. The van der Waals surface area contributed by atoms with Crippen molar-refractivity contribution in [2.45, 2.75) is 96.2 Å². The summed E-state index contributed by atoms with van der Waals surface area (Å²) < 4.78 is 28.6. The van der Waals surface area contributed by atoms with Gasteiger partial charge in [-0.15, -0.1) is 0 Å². The second-order valence-electron chi connectivity index (χ2n) is 9.08. The monoisotopic (exact) mass is 413 g/mol. The Morgan fingerprint density at radius 3 is 2.10 bits per heavy atom. The second-order valence-corrected chi connectivity index (χ2v) is 9.08. The van der Waals surface area contributed by atoms with Crippen LogP contribution in [0.2, 0.25) is 0 Å². The molecular formula is C27H37F2N. The minimum atomic E-state index is -1.05. The van der Waals surface area contributed by atoms with E-state index < -0.39 is 18.3 Å². The standard InChI is InChI=1S/C27H37F2N/c1-4-24(30(20(2)3)19-22-9-6-5-7-10-22)18-15-21-13-16-23(17-14-21)27-25(28)11-8-12-26(27)29/h5-7,9-10,13-14,16-17,20,24-27H,4,8,11-12,15,18-19H2,1-3H3. The lowest BCUT2D eigenvalue weighted by Gasteiger charge is -2.35. The maximum Gasteiger partial charge on any atom is 0.110 e. The van der Waals surface area contributed by atoms with Gasteiger partial charge in [0.2, 0.25) is 0 Å². The summed E-state index contributed by atoms with van der Waals surface area (Å²) in [5, 5.41) is 0. The molecule has 1 aliphatic rings. The predicted molar refractivity (Wildman–Crippen MR) is 122 cm³/mol. The lowest BCUT2D eigenvalue weighted by Crippen LogP contribution is -2.39. The van der Waals surface area contributed by atoms with Crippen LogP contribution in [-0.2, 0) is 13.0 Å². The van der Waals surface area contributed by atoms with E-state index in [1.165, 1.54) is 11.1 Å². The fraction of sp³-hybridized carbons (Fsp3) is 0.556. The molecule has 3 heteroatoms. The fourth-order valence-corrected chi connectivity index (χ4v) is 4.88. The highest BCUT2D eigenvalue weighted by molar-refractivity contribution is 5.28. The summed E-state index contributed by atoms with van der Waals surface area (Å²) in [5.74, 6) is -0.585. The van der Waals surface area contributed by atoms with E-state index in [-0.39, 0.29) is 0 Å². The molecule has 0 amide bonds. The van der Waals surface area contributed by atoms with Crippen LogP contribution in [0.5, 0.6) is 0 Å². The Morgan fingerprint density at radius 2 is 1.53 bits per heavy atom. The van der Waals surface area contributed by atoms with Crippen molar-refractivity contribution in [2.24, 2.45) is 0 Å². The van der Waals surface area contributed by atoms with Crippen LogP contribution in [-0.4, -0.2) is 29.3 Å². The number of halogens is 2. The average Bonchev–Trinajstić information content (AvgIpc) is 2.74. The molecule has 0 aliphatic heterocycles. The van der Waals surface area contributed by atoms with E-state index in [0.29, 0.717) is 31.3 Å². The molecule has 3 atom stereocenters. The topological polar surface area (TPSA) is 3.24 Å². The van der Waals surface area contributed by atoms with Crippen LogP contribution in [0.25, 0.3) is 0 Å². The minimum absolute atomic E-state index is 0.479. The maximum absolute atomic E-state index is 14.3. The van der Waals surface area contributed by atoms with Gasteiger partial charge in [-0.3, -0.25) is 4.90 Å². The molecule has 0 heterocycles. The zero-order valence-corrected chi connectivity index (χ0v) is 18.7. The van der Waals surface area contributed by atoms with Gasteiger partial charge in [-0.2, -0.15) is 0 Å². The van der Waals surface area contributed by atoms with Gasteiger partial charge in [0.05, 0.1) is 0 Å². The number of hydrogen-bond donors (Lipinski definition) is 0. The van der Waals surface area contributed by atoms with Crippen molar-refractivity contribution in [2.75, 3.05) is 0 Å². The van der Waals surface area contributed by atoms with Crippen molar-refractivity contribution in [1.29, 1.82) is 0 Å². The summed E-state index contributed by atoms with van der Waals surface area (Å²) in [6.07, 6.45) is 2.70. The molecular weight excluding hydrogens is 376 g/mol. The van der Waals surface area contributed by atoms with E-state index in [0.717, 1.165) is 31.4 Å². The van der Waals surface area contributed by atoms with Crippen molar-refractivity contribution in [3.05, 3.63) is 71.3 Å². The summed E-state index contributed by atoms with van der Waals surface area (Å²) in [4.78, 5) is 2.59. The largest absolute Gasteiger partial charge is 0.294 e. The molecule has 1 nitrogen and oxygen atoms in total. The Labute approximate surface area is 181 Å². The third-order valence-corrected chi connectivity index (χ3v) is 6.68. The molecule has 0 saturated heterocycles. The van der Waals surface area contributed by atoms with Gasteiger partial charge in [0, 0.05) is 24.5 Å². The number of aryl methyl sites for hydroxylation is 1. The SMILES string of the molecule is CCC(CCc1ccc(C2C(F)CCCC2F)cc1)N(Cc1ccccc1)C(C)C. The Balaban J connectivity index is 1.62. The highest BCUT2D eigenvalue weighted by Gasteiger charge is 2.34. The predicted octanol–water partition coefficient (Wildman–Crippen LogP) is 7.25. The lowest BCUT2D eigenvalue weighted by atomic mass is 9.81. The molecule has 1 fully saturated rings. The van der Waals surface area contributed by atoms with Gasteiger partial charge < -0.3 is 0 Å². The molecule has 2 aromatic rings. The van der Waals surface area contributed by atoms with E-state index in [1.807, 2.05) is 12.1 Å². The Kier molecular flexibility index (Phi) is 8.44. The number of benzene rings is 2. The molecule has 0 N–H and O–H groups in total. The highest BCUT2D eigenvalue weighted by Crippen LogP contribution is 2.37. The van der Waals surface area contributed by atoms with Gasteiger partial charge in [0.15, 0.2) is 0 Å². The van der Waals surface area contributed by atoms with E-state index in [9.17, 15) is 8.78 Å². The number of nitrogens with zero attached hydrogens (tertiary/aromatic N) is 1. The van der Waals surface area contributed by atoms with Crippen LogP contribution in [0.3, 0.4) is 0 Å². The van der Waals surface area contributed by atoms with Crippen molar-refractivity contribution in [3.63, 3.8) is 0 Å². The Bertz CT molecular complexity index is 733. The van der Waals surface area contributed by atoms with Crippen LogP contribution in [0, 0.1) is 0 Å². The summed E-state index contributed by atoms with van der Waals surface area (Å²) in [6.45, 7) is 7.77. The number of rotatable bonds is 9. The summed E-state index contributed by atoms with van der Waals surface area (Å²) >= 11 is 0. The van der Waals surface area contributed by atoms with Crippen molar-refractivity contribution >= 4 is 0 Å². The zero-order valence-electron chi connectivity index (χ0n) is 18.7. The molecule has 164 valence electrons. The molecule has 0 radical (unpaired) electrons. The van der Waals surface area contributed by atoms with Gasteiger partial charge in [-0.25, -0.2) is 8.78 Å². The minimum Gasteiger partial charge on any atom is -0.294 e. The maximum atomic E-state index is 14.3. The van der Waals surface area contributed by atoms with Crippen LogP contribution in [0.4, 0.5) is 8.78 Å². The highest BCUT2D eigenvalue weighted by atomic mass is 19.1.